The zero-order valence-corrected chi connectivity index (χ0v) is 46.0. The van der Waals surface area contributed by atoms with Gasteiger partial charge in [-0.25, -0.2) is 0 Å². The Bertz CT molecular complexity index is 5490. The summed E-state index contributed by atoms with van der Waals surface area (Å²) in [5.74, 6) is 0. The van der Waals surface area contributed by atoms with E-state index in [1.165, 1.54) is 0 Å². The molecule has 0 saturated heterocycles. The Balaban J connectivity index is 1.24. The fraction of sp³-hybridized carbons (Fsp3) is 0.0556. The Morgan fingerprint density at radius 1 is 0.256 bits per heavy atom. The molecule has 0 N–H and O–H groups in total. The number of nitriles is 2. The van der Waals surface area contributed by atoms with Crippen molar-refractivity contribution >= 4 is 87.2 Å². The first-order valence-corrected chi connectivity index (χ1v) is 27.8. The lowest BCUT2D eigenvalue weighted by Gasteiger charge is -2.26. The summed E-state index contributed by atoms with van der Waals surface area (Å²) in [6.45, 7) is 0. The highest BCUT2D eigenvalue weighted by atomic mass is 19.4. The Labute approximate surface area is 500 Å². The van der Waals surface area contributed by atoms with Crippen molar-refractivity contribution in [2.45, 2.75) is 24.7 Å². The summed E-state index contributed by atoms with van der Waals surface area (Å²) in [7, 11) is 0. The molecule has 0 amide bonds. The average molecular weight is 1210 g/mol. The van der Waals surface area contributed by atoms with E-state index in [0.717, 1.165) is 75.5 Å². The molecule has 0 unspecified atom stereocenters. The van der Waals surface area contributed by atoms with Crippen molar-refractivity contribution < 1.29 is 52.7 Å². The van der Waals surface area contributed by atoms with E-state index in [9.17, 15) is 10.5 Å². The minimum absolute atomic E-state index is 0.0164. The molecule has 4 heterocycles. The molecule has 4 aromatic heterocycles. The second-order valence-electron chi connectivity index (χ2n) is 21.9. The Morgan fingerprint density at radius 2 is 0.567 bits per heavy atom. The van der Waals surface area contributed by atoms with Crippen LogP contribution in [0.5, 0.6) is 0 Å². The van der Waals surface area contributed by atoms with Crippen LogP contribution in [0.2, 0.25) is 0 Å². The summed E-state index contributed by atoms with van der Waals surface area (Å²) in [6.07, 6.45) is -20.3. The van der Waals surface area contributed by atoms with E-state index in [2.05, 4.69) is 12.1 Å². The van der Waals surface area contributed by atoms with E-state index >= 15 is 52.7 Å². The third kappa shape index (κ3) is 8.42. The molecule has 0 bridgehead atoms. The van der Waals surface area contributed by atoms with Gasteiger partial charge in [0.05, 0.1) is 88.9 Å². The van der Waals surface area contributed by atoms with Gasteiger partial charge in [-0.3, -0.25) is 0 Å². The van der Waals surface area contributed by atoms with Crippen molar-refractivity contribution in [1.29, 1.82) is 10.5 Å². The van der Waals surface area contributed by atoms with Crippen LogP contribution >= 0.6 is 0 Å². The zero-order valence-electron chi connectivity index (χ0n) is 46.0. The highest BCUT2D eigenvalue weighted by Gasteiger charge is 2.39. The molecule has 0 aliphatic carbocycles. The van der Waals surface area contributed by atoms with Gasteiger partial charge in [0.25, 0.3) is 0 Å². The summed E-state index contributed by atoms with van der Waals surface area (Å²) in [5, 5.41) is 26.2. The van der Waals surface area contributed by atoms with Gasteiger partial charge in [-0.2, -0.15) is 63.2 Å². The number of fused-ring (bicyclic) bond motifs is 12. The monoisotopic (exact) mass is 1210 g/mol. The molecule has 0 fully saturated rings. The van der Waals surface area contributed by atoms with Gasteiger partial charge < -0.3 is 18.3 Å². The second kappa shape index (κ2) is 19.6. The largest absolute Gasteiger partial charge is 0.416 e. The number of rotatable bonds is 6. The lowest BCUT2D eigenvalue weighted by atomic mass is 9.85. The number of hydrogen-bond acceptors (Lipinski definition) is 2. The summed E-state index contributed by atoms with van der Waals surface area (Å²) in [5.41, 5.74) is -5.13. The molecule has 90 heavy (non-hydrogen) atoms. The van der Waals surface area contributed by atoms with Crippen LogP contribution in [0.25, 0.3) is 132 Å². The number of alkyl halides is 12. The molecule has 0 aliphatic heterocycles. The number of benzene rings is 11. The molecule has 0 aliphatic rings. The van der Waals surface area contributed by atoms with Crippen molar-refractivity contribution in [2.75, 3.05) is 0 Å². The molecule has 11 aromatic carbocycles. The van der Waals surface area contributed by atoms with E-state index in [1.54, 1.807) is 54.6 Å². The molecule has 15 aromatic rings. The van der Waals surface area contributed by atoms with Crippen molar-refractivity contribution in [3.63, 3.8) is 0 Å². The quantitative estimate of drug-likeness (QED) is 0.156. The number of hydrogen-bond donors (Lipinski definition) is 0. The smallest absolute Gasteiger partial charge is 0.309 e. The molecule has 0 radical (unpaired) electrons. The average Bonchev–Trinajstić information content (AvgIpc) is 1.45. The van der Waals surface area contributed by atoms with E-state index in [1.807, 2.05) is 100 Å². The first-order chi connectivity index (χ1) is 43.1. The van der Waals surface area contributed by atoms with Crippen molar-refractivity contribution in [2.24, 2.45) is 0 Å². The highest BCUT2D eigenvalue weighted by molar-refractivity contribution is 6.17. The third-order valence-corrected chi connectivity index (χ3v) is 16.9. The first-order valence-electron chi connectivity index (χ1n) is 27.8. The van der Waals surface area contributed by atoms with Gasteiger partial charge in [-0.1, -0.05) is 109 Å². The Hall–Kier alpha value is -11.2. The van der Waals surface area contributed by atoms with Crippen LogP contribution in [-0.4, -0.2) is 18.3 Å². The maximum atomic E-state index is 15.4. The molecule has 0 saturated carbocycles. The topological polar surface area (TPSA) is 67.3 Å². The van der Waals surface area contributed by atoms with Gasteiger partial charge in [0, 0.05) is 65.6 Å². The lowest BCUT2D eigenvalue weighted by Crippen LogP contribution is -2.12. The predicted octanol–water partition coefficient (Wildman–Crippen LogP) is 21.2. The lowest BCUT2D eigenvalue weighted by molar-refractivity contribution is -0.138. The molecule has 0 atom stereocenters. The van der Waals surface area contributed by atoms with Crippen LogP contribution in [0.15, 0.2) is 218 Å². The standard InChI is InChI=1S/C72H36F12N6/c73-69(74,75)41-21-25-49-50-26-22-42(70(76,77)78)34-62(50)89(61(49)33-41)67-56(38-86)55(37-85)65(39-19-29-59-53(31-39)47-15-7-9-17-57(47)87(59)45-11-3-1-4-12-45)68(90-63-35-43(71(79,80)81)23-27-51(63)52-28-24-44(36-64(52)90)72(82,83)84)66(67)40-20-30-60-54(32-40)48-16-8-10-18-58(48)88(60)46-13-5-2-6-14-46/h1-36H. The normalized spacial score (nSPS) is 12.6. The van der Waals surface area contributed by atoms with Gasteiger partial charge in [0.1, 0.15) is 12.1 Å². The summed E-state index contributed by atoms with van der Waals surface area (Å²) in [6, 6.07) is 57.3. The van der Waals surface area contributed by atoms with Crippen LogP contribution in [0.1, 0.15) is 33.4 Å². The predicted molar refractivity (Wildman–Crippen MR) is 324 cm³/mol. The Kier molecular flexibility index (Phi) is 12.1. The molecule has 6 nitrogen and oxygen atoms in total. The van der Waals surface area contributed by atoms with Crippen LogP contribution in [0.3, 0.4) is 0 Å². The molecule has 0 spiro atoms. The van der Waals surface area contributed by atoms with Crippen LogP contribution < -0.4 is 0 Å². The van der Waals surface area contributed by atoms with Gasteiger partial charge in [-0.05, 0) is 120 Å². The van der Waals surface area contributed by atoms with Crippen LogP contribution in [0.4, 0.5) is 52.7 Å². The van der Waals surface area contributed by atoms with Gasteiger partial charge in [0.15, 0.2) is 0 Å². The number of para-hydroxylation sites is 4. The van der Waals surface area contributed by atoms with Gasteiger partial charge in [0.2, 0.25) is 0 Å². The van der Waals surface area contributed by atoms with E-state index in [4.69, 9.17) is 0 Å². The van der Waals surface area contributed by atoms with Crippen molar-refractivity contribution in [3.8, 4) is 57.1 Å². The van der Waals surface area contributed by atoms with Crippen molar-refractivity contribution in [3.05, 3.63) is 252 Å². The van der Waals surface area contributed by atoms with E-state index in [-0.39, 0.29) is 60.5 Å². The van der Waals surface area contributed by atoms with Crippen molar-refractivity contribution in [1.82, 2.24) is 18.3 Å². The van der Waals surface area contributed by atoms with E-state index < -0.39 is 74.8 Å². The van der Waals surface area contributed by atoms with Gasteiger partial charge in [-0.15, -0.1) is 0 Å². The number of aromatic nitrogens is 4. The van der Waals surface area contributed by atoms with Crippen LogP contribution in [-0.2, 0) is 24.7 Å². The Morgan fingerprint density at radius 3 is 0.922 bits per heavy atom. The minimum atomic E-state index is -5.09. The molecular weight excluding hydrogens is 1180 g/mol. The second-order valence-corrected chi connectivity index (χ2v) is 21.9. The molecule has 438 valence electrons. The number of nitrogens with zero attached hydrogens (tertiary/aromatic N) is 6. The SMILES string of the molecule is N#Cc1c(C#N)c(-n2c3cc(C(F)(F)F)ccc3c3ccc(C(F)(F)F)cc32)c(-c2ccc3c(c2)c2ccccc2n3-c2ccccc2)c(-n2c3cc(C(F)(F)F)ccc3c3ccc(C(F)(F)F)cc32)c1-c1ccc2c(c1)c1ccccc1n2-c1ccccc1. The minimum Gasteiger partial charge on any atom is -0.309 e. The first kappa shape index (κ1) is 55.3. The zero-order chi connectivity index (χ0) is 62.5. The molecule has 15 rings (SSSR count). The summed E-state index contributed by atoms with van der Waals surface area (Å²) >= 11 is 0. The molecular formula is C72H36F12N6. The maximum absolute atomic E-state index is 15.4. The van der Waals surface area contributed by atoms with E-state index in [0.29, 0.717) is 61.4 Å². The maximum Gasteiger partial charge on any atom is 0.416 e. The van der Waals surface area contributed by atoms with Gasteiger partial charge >= 0.3 is 24.7 Å². The van der Waals surface area contributed by atoms with Crippen LogP contribution in [0, 0.1) is 22.7 Å². The highest BCUT2D eigenvalue weighted by Crippen LogP contribution is 2.53. The third-order valence-electron chi connectivity index (χ3n) is 16.9. The fourth-order valence-corrected chi connectivity index (χ4v) is 13.1. The number of halogens is 12. The molecule has 18 heteroatoms. The fourth-order valence-electron chi connectivity index (χ4n) is 13.1. The summed E-state index contributed by atoms with van der Waals surface area (Å²) < 4.78 is 190. The summed E-state index contributed by atoms with van der Waals surface area (Å²) in [4.78, 5) is 0.